The van der Waals surface area contributed by atoms with Crippen molar-refractivity contribution in [3.8, 4) is 0 Å². The number of nitrogens with one attached hydrogen (secondary N) is 1. The first-order valence-corrected chi connectivity index (χ1v) is 8.69. The van der Waals surface area contributed by atoms with Crippen molar-refractivity contribution in [3.63, 3.8) is 0 Å². The second kappa shape index (κ2) is 12.9. The summed E-state index contributed by atoms with van der Waals surface area (Å²) in [7, 11) is 0. The Bertz CT molecular complexity index is 474. The van der Waals surface area contributed by atoms with Crippen LogP contribution >= 0.6 is 0 Å². The predicted octanol–water partition coefficient (Wildman–Crippen LogP) is 4.25. The molecule has 0 saturated carbocycles. The maximum Gasteiger partial charge on any atom is 0.00746 e. The largest absolute Gasteiger partial charge is 0.329 e. The van der Waals surface area contributed by atoms with E-state index in [-0.39, 0.29) is 0 Å². The minimum Gasteiger partial charge on any atom is -0.329 e. The Morgan fingerprint density at radius 1 is 1.26 bits per heavy atom. The van der Waals surface area contributed by atoms with Gasteiger partial charge < -0.3 is 11.1 Å². The highest BCUT2D eigenvalue weighted by Gasteiger charge is 2.09. The normalized spacial score (nSPS) is 13.4. The van der Waals surface area contributed by atoms with Crippen molar-refractivity contribution >= 4 is 0 Å². The number of rotatable bonds is 12. The number of hydrogen-bond acceptors (Lipinski definition) is 2. The van der Waals surface area contributed by atoms with Gasteiger partial charge in [-0.2, -0.15) is 0 Å². The van der Waals surface area contributed by atoms with Crippen LogP contribution in [0.15, 0.2) is 66.8 Å². The summed E-state index contributed by atoms with van der Waals surface area (Å²) in [5.41, 5.74) is 8.36. The van der Waals surface area contributed by atoms with E-state index in [2.05, 4.69) is 67.4 Å². The molecule has 0 aliphatic heterocycles. The highest BCUT2D eigenvalue weighted by molar-refractivity contribution is 5.22. The van der Waals surface area contributed by atoms with Crippen LogP contribution in [0.5, 0.6) is 0 Å². The van der Waals surface area contributed by atoms with Crippen LogP contribution < -0.4 is 11.1 Å². The van der Waals surface area contributed by atoms with Gasteiger partial charge in [0.05, 0.1) is 0 Å². The first-order valence-electron chi connectivity index (χ1n) is 8.69. The maximum atomic E-state index is 5.59. The number of aryl methyl sites for hydroxylation is 1. The van der Waals surface area contributed by atoms with Gasteiger partial charge in [0.2, 0.25) is 0 Å². The lowest BCUT2D eigenvalue weighted by atomic mass is 9.92. The highest BCUT2D eigenvalue weighted by atomic mass is 14.9. The van der Waals surface area contributed by atoms with Crippen LogP contribution in [0, 0.1) is 5.92 Å². The molecule has 1 atom stereocenters. The molecule has 1 unspecified atom stereocenters. The summed E-state index contributed by atoms with van der Waals surface area (Å²) >= 11 is 0. The number of allylic oxidation sites excluding steroid dienone is 5. The van der Waals surface area contributed by atoms with E-state index in [4.69, 9.17) is 5.73 Å². The molecule has 0 heterocycles. The molecule has 0 spiro atoms. The van der Waals surface area contributed by atoms with Crippen LogP contribution in [-0.2, 0) is 6.42 Å². The smallest absolute Gasteiger partial charge is 0.00746 e. The van der Waals surface area contributed by atoms with Crippen molar-refractivity contribution in [1.82, 2.24) is 5.32 Å². The van der Waals surface area contributed by atoms with Crippen LogP contribution in [0.25, 0.3) is 0 Å². The van der Waals surface area contributed by atoms with E-state index in [9.17, 15) is 0 Å². The summed E-state index contributed by atoms with van der Waals surface area (Å²) in [6, 6.07) is 10.7. The van der Waals surface area contributed by atoms with Crippen LogP contribution in [-0.4, -0.2) is 19.6 Å². The van der Waals surface area contributed by atoms with Crippen LogP contribution in [0.3, 0.4) is 0 Å². The molecule has 1 aromatic rings. The van der Waals surface area contributed by atoms with E-state index in [0.29, 0.717) is 12.5 Å². The van der Waals surface area contributed by atoms with E-state index in [1.807, 2.05) is 6.08 Å². The van der Waals surface area contributed by atoms with Gasteiger partial charge in [-0.3, -0.25) is 0 Å². The molecule has 0 fully saturated rings. The highest BCUT2D eigenvalue weighted by Crippen LogP contribution is 2.18. The lowest BCUT2D eigenvalue weighted by Gasteiger charge is -2.18. The fourth-order valence-electron chi connectivity index (χ4n) is 2.73. The quantitative estimate of drug-likeness (QED) is 0.447. The molecule has 0 aliphatic rings. The third-order valence-electron chi connectivity index (χ3n) is 3.99. The van der Waals surface area contributed by atoms with Gasteiger partial charge >= 0.3 is 0 Å². The monoisotopic (exact) mass is 312 g/mol. The Labute approximate surface area is 142 Å². The first-order chi connectivity index (χ1) is 11.3. The lowest BCUT2D eigenvalue weighted by molar-refractivity contribution is 0.421. The molecule has 0 aromatic heterocycles. The average molecular weight is 313 g/mol. The SMILES string of the molecule is C=C/C=C(\C=C/C)CCC(CCc1ccccc1)CNCCN. The Morgan fingerprint density at radius 2 is 2.04 bits per heavy atom. The molecular weight excluding hydrogens is 280 g/mol. The molecule has 2 heteroatoms. The van der Waals surface area contributed by atoms with Crippen molar-refractivity contribution in [2.24, 2.45) is 11.7 Å². The summed E-state index contributed by atoms with van der Waals surface area (Å²) in [5.74, 6) is 0.667. The van der Waals surface area contributed by atoms with E-state index in [0.717, 1.165) is 25.9 Å². The Morgan fingerprint density at radius 3 is 2.70 bits per heavy atom. The number of benzene rings is 1. The van der Waals surface area contributed by atoms with Gasteiger partial charge in [-0.05, 0) is 56.2 Å². The summed E-state index contributed by atoms with van der Waals surface area (Å²) in [4.78, 5) is 0. The second-order valence-electron chi connectivity index (χ2n) is 5.90. The molecule has 1 aromatic carbocycles. The minimum absolute atomic E-state index is 0.667. The molecule has 0 amide bonds. The lowest BCUT2D eigenvalue weighted by Crippen LogP contribution is -2.28. The number of hydrogen-bond donors (Lipinski definition) is 2. The molecule has 0 radical (unpaired) electrons. The molecule has 3 N–H and O–H groups in total. The topological polar surface area (TPSA) is 38.0 Å². The van der Waals surface area contributed by atoms with Crippen molar-refractivity contribution < 1.29 is 0 Å². The number of nitrogens with two attached hydrogens (primary N) is 1. The maximum absolute atomic E-state index is 5.59. The fraction of sp³-hybridized carbons (Fsp3) is 0.429. The zero-order valence-corrected chi connectivity index (χ0v) is 14.5. The zero-order valence-electron chi connectivity index (χ0n) is 14.5. The van der Waals surface area contributed by atoms with Crippen molar-refractivity contribution in [2.75, 3.05) is 19.6 Å². The van der Waals surface area contributed by atoms with Crippen molar-refractivity contribution in [2.45, 2.75) is 32.6 Å². The minimum atomic E-state index is 0.667. The first kappa shape index (κ1) is 19.4. The standard InChI is InChI=1S/C21H32N2/c1-3-8-19(9-4-2)12-14-21(18-23-17-16-22)15-13-20-10-6-5-7-11-20/h3-11,21,23H,1,12-18,22H2,2H3/b9-4-,19-8+. The molecule has 126 valence electrons. The zero-order chi connectivity index (χ0) is 16.8. The summed E-state index contributed by atoms with van der Waals surface area (Å²) in [6.07, 6.45) is 12.9. The fourth-order valence-corrected chi connectivity index (χ4v) is 2.73. The van der Waals surface area contributed by atoms with Gasteiger partial charge in [0.15, 0.2) is 0 Å². The van der Waals surface area contributed by atoms with Crippen LogP contribution in [0.1, 0.15) is 31.7 Å². The van der Waals surface area contributed by atoms with Gasteiger partial charge in [0.1, 0.15) is 0 Å². The van der Waals surface area contributed by atoms with E-state index in [1.165, 1.54) is 24.0 Å². The molecule has 23 heavy (non-hydrogen) atoms. The van der Waals surface area contributed by atoms with E-state index in [1.54, 1.807) is 0 Å². The van der Waals surface area contributed by atoms with Crippen LogP contribution in [0.4, 0.5) is 0 Å². The molecule has 0 saturated heterocycles. The van der Waals surface area contributed by atoms with Crippen molar-refractivity contribution in [3.05, 3.63) is 72.4 Å². The molecular formula is C21H32N2. The van der Waals surface area contributed by atoms with Gasteiger partial charge in [-0.25, -0.2) is 0 Å². The van der Waals surface area contributed by atoms with Gasteiger partial charge in [-0.15, -0.1) is 0 Å². The van der Waals surface area contributed by atoms with Gasteiger partial charge in [-0.1, -0.05) is 61.2 Å². The molecule has 1 rings (SSSR count). The molecule has 2 nitrogen and oxygen atoms in total. The predicted molar refractivity (Wildman–Crippen MR) is 103 cm³/mol. The van der Waals surface area contributed by atoms with Gasteiger partial charge in [0.25, 0.3) is 0 Å². The van der Waals surface area contributed by atoms with Crippen LogP contribution in [0.2, 0.25) is 0 Å². The molecule has 0 bridgehead atoms. The summed E-state index contributed by atoms with van der Waals surface area (Å²) in [5, 5.41) is 3.48. The Hall–Kier alpha value is -1.64. The summed E-state index contributed by atoms with van der Waals surface area (Å²) in [6.45, 7) is 8.51. The second-order valence-corrected chi connectivity index (χ2v) is 5.90. The van der Waals surface area contributed by atoms with Crippen molar-refractivity contribution in [1.29, 1.82) is 0 Å². The van der Waals surface area contributed by atoms with E-state index < -0.39 is 0 Å². The Kier molecular flexibility index (Phi) is 10.9. The average Bonchev–Trinajstić information content (AvgIpc) is 2.58. The summed E-state index contributed by atoms with van der Waals surface area (Å²) < 4.78 is 0. The third kappa shape index (κ3) is 9.17. The molecule has 0 aliphatic carbocycles. The van der Waals surface area contributed by atoms with Gasteiger partial charge in [0, 0.05) is 13.1 Å². The Balaban J connectivity index is 2.53. The third-order valence-corrected chi connectivity index (χ3v) is 3.99. The van der Waals surface area contributed by atoms with E-state index >= 15 is 0 Å².